The number of fused-ring (bicyclic) bond motifs is 1. The van der Waals surface area contributed by atoms with E-state index in [0.717, 1.165) is 22.5 Å². The lowest BCUT2D eigenvalue weighted by molar-refractivity contribution is -0.115. The lowest BCUT2D eigenvalue weighted by atomic mass is 10.1. The minimum absolute atomic E-state index is 0.539. The number of thiazole rings is 1. The van der Waals surface area contributed by atoms with Gasteiger partial charge >= 0.3 is 0 Å². The average Bonchev–Trinajstić information content (AvgIpc) is 3.07. The van der Waals surface area contributed by atoms with E-state index in [-0.39, 0.29) is 0 Å². The Hall–Kier alpha value is -2.19. The fourth-order valence-corrected chi connectivity index (χ4v) is 3.18. The maximum atomic E-state index is 11.9. The van der Waals surface area contributed by atoms with E-state index in [9.17, 15) is 13.2 Å². The molecule has 1 N–H and O–H groups in total. The van der Waals surface area contributed by atoms with Gasteiger partial charge in [0.05, 0.1) is 5.69 Å². The van der Waals surface area contributed by atoms with Gasteiger partial charge in [-0.2, -0.15) is 0 Å². The van der Waals surface area contributed by atoms with Crippen molar-refractivity contribution in [1.29, 1.82) is 0 Å². The summed E-state index contributed by atoms with van der Waals surface area (Å²) in [5, 5.41) is 3.49. The van der Waals surface area contributed by atoms with Crippen molar-refractivity contribution in [3.8, 4) is 11.3 Å². The predicted molar refractivity (Wildman–Crippen MR) is 91.4 cm³/mol. The van der Waals surface area contributed by atoms with Gasteiger partial charge in [-0.05, 0) is 19.1 Å². The molecule has 1 amide bonds. The minimum atomic E-state index is -3.41. The first-order valence-corrected chi connectivity index (χ1v) is 9.70. The molecule has 0 aliphatic heterocycles. The zero-order valence-corrected chi connectivity index (χ0v) is 14.2. The van der Waals surface area contributed by atoms with Crippen molar-refractivity contribution in [3.05, 3.63) is 42.0 Å². The number of nitrogens with one attached hydrogen (secondary N) is 1. The zero-order valence-electron chi connectivity index (χ0n) is 12.6. The van der Waals surface area contributed by atoms with Gasteiger partial charge < -0.3 is 5.32 Å². The maximum Gasteiger partial charge on any atom is 0.242 e. The highest BCUT2D eigenvalue weighted by molar-refractivity contribution is 7.92. The molecule has 6 nitrogen and oxygen atoms in total. The largest absolute Gasteiger partial charge is 0.325 e. The van der Waals surface area contributed by atoms with E-state index < -0.39 is 21.0 Å². The molecule has 1 aromatic carbocycles. The Labute approximate surface area is 137 Å². The van der Waals surface area contributed by atoms with Crippen LogP contribution in [0.15, 0.2) is 42.0 Å². The van der Waals surface area contributed by atoms with Crippen LogP contribution in [0.3, 0.4) is 0 Å². The van der Waals surface area contributed by atoms with E-state index in [4.69, 9.17) is 0 Å². The van der Waals surface area contributed by atoms with Crippen LogP contribution in [0.4, 0.5) is 5.69 Å². The van der Waals surface area contributed by atoms with Crippen LogP contribution < -0.4 is 5.32 Å². The van der Waals surface area contributed by atoms with E-state index in [1.54, 1.807) is 23.5 Å². The van der Waals surface area contributed by atoms with Gasteiger partial charge in [0, 0.05) is 35.3 Å². The van der Waals surface area contributed by atoms with Crippen LogP contribution in [0.25, 0.3) is 16.2 Å². The summed E-state index contributed by atoms with van der Waals surface area (Å²) in [6.45, 7) is 1.37. The first kappa shape index (κ1) is 15.7. The molecule has 0 spiro atoms. The molecule has 0 bridgehead atoms. The summed E-state index contributed by atoms with van der Waals surface area (Å²) in [6, 6.07) is 7.14. The van der Waals surface area contributed by atoms with Gasteiger partial charge in [0.2, 0.25) is 5.91 Å². The van der Waals surface area contributed by atoms with Crippen LogP contribution in [-0.2, 0) is 14.6 Å². The van der Waals surface area contributed by atoms with Gasteiger partial charge in [0.1, 0.15) is 5.25 Å². The Kier molecular flexibility index (Phi) is 3.95. The molecule has 0 radical (unpaired) electrons. The lowest BCUT2D eigenvalue weighted by Gasteiger charge is -2.10. The molecule has 3 rings (SSSR count). The monoisotopic (exact) mass is 349 g/mol. The second-order valence-electron chi connectivity index (χ2n) is 5.26. The molecule has 120 valence electrons. The third-order valence-electron chi connectivity index (χ3n) is 3.55. The number of benzene rings is 1. The Morgan fingerprint density at radius 3 is 2.61 bits per heavy atom. The Morgan fingerprint density at radius 1 is 1.30 bits per heavy atom. The number of hydrogen-bond donors (Lipinski definition) is 1. The summed E-state index contributed by atoms with van der Waals surface area (Å²) in [5.74, 6) is -0.539. The minimum Gasteiger partial charge on any atom is -0.325 e. The fourth-order valence-electron chi connectivity index (χ4n) is 2.03. The molecule has 23 heavy (non-hydrogen) atoms. The molecule has 0 saturated carbocycles. The van der Waals surface area contributed by atoms with Crippen molar-refractivity contribution in [2.24, 2.45) is 0 Å². The number of carbonyl (C=O) groups excluding carboxylic acids is 1. The van der Waals surface area contributed by atoms with Crippen molar-refractivity contribution in [3.63, 3.8) is 0 Å². The third-order valence-corrected chi connectivity index (χ3v) is 5.82. The van der Waals surface area contributed by atoms with Crippen molar-refractivity contribution < 1.29 is 13.2 Å². The normalized spacial score (nSPS) is 13.1. The third kappa shape index (κ3) is 3.27. The van der Waals surface area contributed by atoms with Crippen molar-refractivity contribution in [1.82, 2.24) is 9.38 Å². The van der Waals surface area contributed by atoms with Crippen LogP contribution in [0.2, 0.25) is 0 Å². The van der Waals surface area contributed by atoms with E-state index in [1.807, 2.05) is 34.3 Å². The Bertz CT molecular complexity index is 927. The van der Waals surface area contributed by atoms with Crippen molar-refractivity contribution >= 4 is 37.7 Å². The van der Waals surface area contributed by atoms with Crippen LogP contribution in [0.5, 0.6) is 0 Å². The fraction of sp³-hybridized carbons (Fsp3) is 0.200. The van der Waals surface area contributed by atoms with Crippen molar-refractivity contribution in [2.75, 3.05) is 11.6 Å². The van der Waals surface area contributed by atoms with E-state index in [1.165, 1.54) is 6.92 Å². The number of imidazole rings is 1. The molecular formula is C15H15N3O3S2. The molecule has 8 heteroatoms. The maximum absolute atomic E-state index is 11.9. The zero-order chi connectivity index (χ0) is 16.6. The smallest absolute Gasteiger partial charge is 0.242 e. The molecule has 2 heterocycles. The summed E-state index contributed by atoms with van der Waals surface area (Å²) < 4.78 is 24.7. The first-order valence-electron chi connectivity index (χ1n) is 6.87. The van der Waals surface area contributed by atoms with Gasteiger partial charge in [0.15, 0.2) is 14.8 Å². The average molecular weight is 349 g/mol. The summed E-state index contributed by atoms with van der Waals surface area (Å²) >= 11 is 1.56. The van der Waals surface area contributed by atoms with Crippen LogP contribution in [0, 0.1) is 0 Å². The van der Waals surface area contributed by atoms with Gasteiger partial charge in [0.25, 0.3) is 0 Å². The van der Waals surface area contributed by atoms with Crippen molar-refractivity contribution in [2.45, 2.75) is 12.2 Å². The number of carbonyl (C=O) groups is 1. The number of nitrogens with zero attached hydrogens (tertiary/aromatic N) is 2. The van der Waals surface area contributed by atoms with E-state index >= 15 is 0 Å². The first-order chi connectivity index (χ1) is 10.8. The number of amides is 1. The quantitative estimate of drug-likeness (QED) is 0.784. The lowest BCUT2D eigenvalue weighted by Crippen LogP contribution is -2.31. The summed E-state index contributed by atoms with van der Waals surface area (Å²) in [4.78, 5) is 17.3. The molecule has 0 fully saturated rings. The second-order valence-corrected chi connectivity index (χ2v) is 8.50. The van der Waals surface area contributed by atoms with Gasteiger partial charge in [-0.15, -0.1) is 11.3 Å². The van der Waals surface area contributed by atoms with Crippen LogP contribution in [-0.4, -0.2) is 35.2 Å². The number of rotatable bonds is 4. The molecule has 2 aromatic heterocycles. The molecule has 1 atom stereocenters. The van der Waals surface area contributed by atoms with E-state index in [2.05, 4.69) is 10.3 Å². The predicted octanol–water partition coefficient (Wildman–Crippen LogP) is 2.43. The number of hydrogen-bond acceptors (Lipinski definition) is 5. The molecular weight excluding hydrogens is 334 g/mol. The Balaban J connectivity index is 1.77. The second kappa shape index (κ2) is 5.78. The molecule has 0 saturated heterocycles. The number of anilines is 1. The summed E-state index contributed by atoms with van der Waals surface area (Å²) in [6.07, 6.45) is 4.92. The van der Waals surface area contributed by atoms with Gasteiger partial charge in [-0.1, -0.05) is 12.1 Å². The number of sulfone groups is 1. The van der Waals surface area contributed by atoms with Gasteiger partial charge in [-0.25, -0.2) is 13.4 Å². The molecule has 0 aliphatic carbocycles. The SMILES string of the molecule is CC(C(=O)Nc1ccc(-c2cn3ccsc3n2)cc1)S(C)(=O)=O. The molecule has 0 aliphatic rings. The van der Waals surface area contributed by atoms with Crippen LogP contribution >= 0.6 is 11.3 Å². The number of aromatic nitrogens is 2. The highest BCUT2D eigenvalue weighted by Gasteiger charge is 2.23. The summed E-state index contributed by atoms with van der Waals surface area (Å²) in [7, 11) is -3.41. The highest BCUT2D eigenvalue weighted by Crippen LogP contribution is 2.23. The topological polar surface area (TPSA) is 80.5 Å². The standard InChI is InChI=1S/C15H15N3O3S2/c1-10(23(2,20)21)14(19)16-12-5-3-11(4-6-12)13-9-18-7-8-22-15(18)17-13/h3-10H,1-2H3,(H,16,19). The molecule has 3 aromatic rings. The summed E-state index contributed by atoms with van der Waals surface area (Å²) in [5.41, 5.74) is 2.32. The van der Waals surface area contributed by atoms with E-state index in [0.29, 0.717) is 5.69 Å². The molecule has 1 unspecified atom stereocenters. The Morgan fingerprint density at radius 2 is 2.00 bits per heavy atom. The van der Waals surface area contributed by atoms with Crippen LogP contribution in [0.1, 0.15) is 6.92 Å². The highest BCUT2D eigenvalue weighted by atomic mass is 32.2. The van der Waals surface area contributed by atoms with Gasteiger partial charge in [-0.3, -0.25) is 9.20 Å².